The zero-order chi connectivity index (χ0) is 14.9. The van der Waals surface area contributed by atoms with E-state index in [9.17, 15) is 9.90 Å². The molecule has 2 aliphatic rings. The third-order valence-corrected chi connectivity index (χ3v) is 5.40. The van der Waals surface area contributed by atoms with Gasteiger partial charge >= 0.3 is 5.97 Å². The molecule has 0 bridgehead atoms. The minimum Gasteiger partial charge on any atom is -0.493 e. The maximum Gasteiger partial charge on any atom is 0.309 e. The van der Waals surface area contributed by atoms with Crippen molar-refractivity contribution in [3.05, 3.63) is 29.8 Å². The summed E-state index contributed by atoms with van der Waals surface area (Å²) in [5, 5.41) is 9.82. The van der Waals surface area contributed by atoms with Gasteiger partial charge in [0.1, 0.15) is 5.75 Å². The predicted molar refractivity (Wildman–Crippen MR) is 81.6 cm³/mol. The van der Waals surface area contributed by atoms with Gasteiger partial charge in [-0.15, -0.1) is 0 Å². The number of fused-ring (bicyclic) bond motifs is 1. The number of hydrogen-bond donors (Lipinski definition) is 1. The summed E-state index contributed by atoms with van der Waals surface area (Å²) in [6.45, 7) is 2.93. The summed E-state index contributed by atoms with van der Waals surface area (Å²) in [7, 11) is 0. The van der Waals surface area contributed by atoms with E-state index in [0.717, 1.165) is 44.3 Å². The molecule has 1 heterocycles. The van der Waals surface area contributed by atoms with E-state index in [1.54, 1.807) is 0 Å². The molecule has 1 fully saturated rings. The van der Waals surface area contributed by atoms with Gasteiger partial charge in [0.2, 0.25) is 0 Å². The number of aliphatic carboxylic acids is 1. The SMILES string of the molecule is CC1CCC(CC2CCOc3ccccc32)(C(=O)O)CC1. The van der Waals surface area contributed by atoms with Crippen molar-refractivity contribution in [2.45, 2.75) is 51.4 Å². The van der Waals surface area contributed by atoms with Gasteiger partial charge < -0.3 is 9.84 Å². The zero-order valence-electron chi connectivity index (χ0n) is 12.7. The molecule has 114 valence electrons. The molecule has 1 aliphatic heterocycles. The number of benzene rings is 1. The smallest absolute Gasteiger partial charge is 0.309 e. The molecular weight excluding hydrogens is 264 g/mol. The standard InChI is InChI=1S/C18H24O3/c1-13-6-9-18(10-7-13,17(19)20)12-14-8-11-21-16-5-3-2-4-15(14)16/h2-5,13-14H,6-12H2,1H3,(H,19,20). The molecule has 21 heavy (non-hydrogen) atoms. The third-order valence-electron chi connectivity index (χ3n) is 5.40. The van der Waals surface area contributed by atoms with Crippen molar-refractivity contribution in [3.8, 4) is 5.75 Å². The highest BCUT2D eigenvalue weighted by atomic mass is 16.5. The first kappa shape index (κ1) is 14.4. The monoisotopic (exact) mass is 288 g/mol. The zero-order valence-corrected chi connectivity index (χ0v) is 12.7. The molecular formula is C18H24O3. The Hall–Kier alpha value is -1.51. The van der Waals surface area contributed by atoms with Gasteiger partial charge in [-0.25, -0.2) is 0 Å². The summed E-state index contributed by atoms with van der Waals surface area (Å²) in [4.78, 5) is 11.9. The van der Waals surface area contributed by atoms with E-state index in [1.807, 2.05) is 18.2 Å². The first-order valence-corrected chi connectivity index (χ1v) is 8.06. The molecule has 1 saturated carbocycles. The second-order valence-corrected chi connectivity index (χ2v) is 6.84. The molecule has 0 saturated heterocycles. The van der Waals surface area contributed by atoms with Crippen LogP contribution in [0.15, 0.2) is 24.3 Å². The van der Waals surface area contributed by atoms with Crippen LogP contribution in [0.2, 0.25) is 0 Å². The maximum atomic E-state index is 11.9. The van der Waals surface area contributed by atoms with Crippen molar-refractivity contribution >= 4 is 5.97 Å². The van der Waals surface area contributed by atoms with Crippen LogP contribution < -0.4 is 4.74 Å². The Labute approximate surface area is 126 Å². The van der Waals surface area contributed by atoms with E-state index in [1.165, 1.54) is 5.56 Å². The molecule has 0 aromatic heterocycles. The lowest BCUT2D eigenvalue weighted by Gasteiger charge is -2.39. The molecule has 1 aromatic rings. The third kappa shape index (κ3) is 2.78. The topological polar surface area (TPSA) is 46.5 Å². The number of rotatable bonds is 3. The second-order valence-electron chi connectivity index (χ2n) is 6.84. The molecule has 1 atom stereocenters. The van der Waals surface area contributed by atoms with E-state index in [4.69, 9.17) is 4.74 Å². The van der Waals surface area contributed by atoms with Crippen molar-refractivity contribution in [2.24, 2.45) is 11.3 Å². The molecule has 0 amide bonds. The number of carboxylic acid groups (broad SMARTS) is 1. The number of para-hydroxylation sites is 1. The summed E-state index contributed by atoms with van der Waals surface area (Å²) in [6, 6.07) is 8.10. The van der Waals surface area contributed by atoms with Gasteiger partial charge in [0.05, 0.1) is 12.0 Å². The fraction of sp³-hybridized carbons (Fsp3) is 0.611. The fourth-order valence-electron chi connectivity index (χ4n) is 3.92. The van der Waals surface area contributed by atoms with Gasteiger partial charge in [-0.05, 0) is 62.0 Å². The maximum absolute atomic E-state index is 11.9. The minimum absolute atomic E-state index is 0.319. The predicted octanol–water partition coefficient (Wildman–Crippen LogP) is 4.22. The average molecular weight is 288 g/mol. The summed E-state index contributed by atoms with van der Waals surface area (Å²) in [5.41, 5.74) is 0.671. The lowest BCUT2D eigenvalue weighted by atomic mass is 9.65. The van der Waals surface area contributed by atoms with Crippen molar-refractivity contribution in [3.63, 3.8) is 0 Å². The van der Waals surface area contributed by atoms with E-state index in [2.05, 4.69) is 13.0 Å². The lowest BCUT2D eigenvalue weighted by molar-refractivity contribution is -0.152. The van der Waals surface area contributed by atoms with E-state index in [-0.39, 0.29) is 0 Å². The van der Waals surface area contributed by atoms with Crippen LogP contribution in [0.25, 0.3) is 0 Å². The highest BCUT2D eigenvalue weighted by molar-refractivity contribution is 5.75. The van der Waals surface area contributed by atoms with Crippen molar-refractivity contribution in [2.75, 3.05) is 6.61 Å². The normalized spacial score (nSPS) is 32.0. The molecule has 3 rings (SSSR count). The van der Waals surface area contributed by atoms with E-state index >= 15 is 0 Å². The van der Waals surface area contributed by atoms with Crippen LogP contribution in [0.3, 0.4) is 0 Å². The molecule has 0 radical (unpaired) electrons. The van der Waals surface area contributed by atoms with Gasteiger partial charge in [0.25, 0.3) is 0 Å². The highest BCUT2D eigenvalue weighted by Gasteiger charge is 2.43. The van der Waals surface area contributed by atoms with Crippen molar-refractivity contribution < 1.29 is 14.6 Å². The number of ether oxygens (including phenoxy) is 1. The van der Waals surface area contributed by atoms with Crippen LogP contribution in [0.5, 0.6) is 5.75 Å². The molecule has 1 N–H and O–H groups in total. The Bertz CT molecular complexity index is 515. The Morgan fingerprint density at radius 1 is 1.29 bits per heavy atom. The van der Waals surface area contributed by atoms with Gasteiger partial charge in [-0.3, -0.25) is 4.79 Å². The highest BCUT2D eigenvalue weighted by Crippen LogP contribution is 2.48. The van der Waals surface area contributed by atoms with Gasteiger partial charge in [-0.1, -0.05) is 25.1 Å². The van der Waals surface area contributed by atoms with Crippen LogP contribution in [0.4, 0.5) is 0 Å². The molecule has 3 nitrogen and oxygen atoms in total. The van der Waals surface area contributed by atoms with Crippen molar-refractivity contribution in [1.82, 2.24) is 0 Å². The summed E-state index contributed by atoms with van der Waals surface area (Å²) in [5.74, 6) is 1.33. The molecule has 3 heteroatoms. The Morgan fingerprint density at radius 3 is 2.71 bits per heavy atom. The van der Waals surface area contributed by atoms with Gasteiger partial charge in [-0.2, -0.15) is 0 Å². The number of carboxylic acids is 1. The summed E-state index contributed by atoms with van der Waals surface area (Å²) in [6.07, 6.45) is 5.41. The quantitative estimate of drug-likeness (QED) is 0.905. The lowest BCUT2D eigenvalue weighted by Crippen LogP contribution is -2.37. The average Bonchev–Trinajstić information content (AvgIpc) is 2.50. The second kappa shape index (κ2) is 5.70. The fourth-order valence-corrected chi connectivity index (χ4v) is 3.92. The van der Waals surface area contributed by atoms with Crippen LogP contribution in [0.1, 0.15) is 56.9 Å². The molecule has 1 unspecified atom stereocenters. The Kier molecular flexibility index (Phi) is 3.92. The van der Waals surface area contributed by atoms with Crippen molar-refractivity contribution in [1.29, 1.82) is 0 Å². The largest absolute Gasteiger partial charge is 0.493 e. The first-order chi connectivity index (χ1) is 10.1. The Balaban J connectivity index is 1.83. The Morgan fingerprint density at radius 2 is 2.00 bits per heavy atom. The van der Waals surface area contributed by atoms with Crippen LogP contribution in [-0.4, -0.2) is 17.7 Å². The first-order valence-electron chi connectivity index (χ1n) is 8.06. The number of carbonyl (C=O) groups is 1. The summed E-state index contributed by atoms with van der Waals surface area (Å²) < 4.78 is 5.71. The van der Waals surface area contributed by atoms with Crippen LogP contribution in [-0.2, 0) is 4.79 Å². The van der Waals surface area contributed by atoms with Gasteiger partial charge in [0.15, 0.2) is 0 Å². The van der Waals surface area contributed by atoms with Crippen LogP contribution >= 0.6 is 0 Å². The molecule has 1 aliphatic carbocycles. The van der Waals surface area contributed by atoms with Crippen LogP contribution in [0, 0.1) is 11.3 Å². The van der Waals surface area contributed by atoms with E-state index < -0.39 is 11.4 Å². The minimum atomic E-state index is -0.599. The van der Waals surface area contributed by atoms with Gasteiger partial charge in [0, 0.05) is 0 Å². The molecule has 1 aromatic carbocycles. The molecule has 0 spiro atoms. The van der Waals surface area contributed by atoms with E-state index in [0.29, 0.717) is 18.4 Å². The summed E-state index contributed by atoms with van der Waals surface area (Å²) >= 11 is 0. The number of hydrogen-bond acceptors (Lipinski definition) is 2.